The van der Waals surface area contributed by atoms with E-state index in [-0.39, 0.29) is 11.7 Å². The molecular weight excluding hydrogens is 364 g/mol. The maximum atomic E-state index is 12.7. The van der Waals surface area contributed by atoms with Gasteiger partial charge in [0.2, 0.25) is 0 Å². The average Bonchev–Trinajstić information content (AvgIpc) is 3.07. The summed E-state index contributed by atoms with van der Waals surface area (Å²) in [5.41, 5.74) is 2.08. The van der Waals surface area contributed by atoms with Crippen molar-refractivity contribution >= 4 is 39.9 Å². The second kappa shape index (κ2) is 8.29. The molecule has 0 spiro atoms. The number of rotatable bonds is 6. The summed E-state index contributed by atoms with van der Waals surface area (Å²) in [7, 11) is 0. The van der Waals surface area contributed by atoms with E-state index in [0.717, 1.165) is 16.2 Å². The summed E-state index contributed by atoms with van der Waals surface area (Å²) in [6, 6.07) is 17.0. The summed E-state index contributed by atoms with van der Waals surface area (Å²) >= 11 is 2.82. The molecule has 3 rings (SSSR count). The Morgan fingerprint density at radius 3 is 2.46 bits per heavy atom. The Morgan fingerprint density at radius 1 is 1.08 bits per heavy atom. The fraction of sp³-hybridized carbons (Fsp3) is 0.150. The summed E-state index contributed by atoms with van der Waals surface area (Å²) in [5, 5.41) is 3.27. The van der Waals surface area contributed by atoms with Crippen LogP contribution in [0, 0.1) is 0 Å². The standard InChI is InChI=1S/C20H18N2O2S2/c1-3-25-16-12-8-7-11-15(16)19(24)22-20-21-17(18(26-20)13(2)23)14-9-5-4-6-10-14/h4-12H,3H2,1-2H3,(H,21,22,24). The molecule has 0 saturated carbocycles. The number of nitrogens with one attached hydrogen (secondary N) is 1. The van der Waals surface area contributed by atoms with Crippen LogP contribution >= 0.6 is 23.1 Å². The van der Waals surface area contributed by atoms with Gasteiger partial charge in [0.15, 0.2) is 10.9 Å². The lowest BCUT2D eigenvalue weighted by Gasteiger charge is -2.07. The molecule has 0 saturated heterocycles. The molecule has 3 aromatic rings. The lowest BCUT2D eigenvalue weighted by molar-refractivity contribution is 0.101. The number of Topliss-reactive ketones (excluding diaryl/α,β-unsaturated/α-hetero) is 1. The molecule has 26 heavy (non-hydrogen) atoms. The fourth-order valence-corrected chi connectivity index (χ4v) is 4.18. The molecule has 0 aliphatic carbocycles. The Labute approximate surface area is 160 Å². The molecule has 1 N–H and O–H groups in total. The first-order chi connectivity index (χ1) is 12.6. The Hall–Kier alpha value is -2.44. The number of thiazole rings is 1. The third-order valence-electron chi connectivity index (χ3n) is 3.65. The zero-order valence-electron chi connectivity index (χ0n) is 14.5. The Morgan fingerprint density at radius 2 is 1.77 bits per heavy atom. The van der Waals surface area contributed by atoms with E-state index in [1.54, 1.807) is 17.8 Å². The molecule has 4 nitrogen and oxygen atoms in total. The highest BCUT2D eigenvalue weighted by molar-refractivity contribution is 7.99. The number of aromatic nitrogens is 1. The Bertz CT molecular complexity index is 936. The number of hydrogen-bond donors (Lipinski definition) is 1. The smallest absolute Gasteiger partial charge is 0.258 e. The summed E-state index contributed by atoms with van der Waals surface area (Å²) in [4.78, 5) is 30.7. The van der Waals surface area contributed by atoms with Crippen LogP contribution in [0.5, 0.6) is 0 Å². The minimum Gasteiger partial charge on any atom is -0.298 e. The SMILES string of the molecule is CCSc1ccccc1C(=O)Nc1nc(-c2ccccc2)c(C(C)=O)s1. The predicted octanol–water partition coefficient (Wildman–Crippen LogP) is 5.38. The third kappa shape index (κ3) is 4.03. The van der Waals surface area contributed by atoms with Gasteiger partial charge in [-0.15, -0.1) is 11.8 Å². The van der Waals surface area contributed by atoms with Crippen LogP contribution < -0.4 is 5.32 Å². The molecule has 0 aliphatic rings. The van der Waals surface area contributed by atoms with Crippen molar-refractivity contribution in [2.24, 2.45) is 0 Å². The van der Waals surface area contributed by atoms with Crippen LogP contribution in [0.1, 0.15) is 33.9 Å². The topological polar surface area (TPSA) is 59.1 Å². The van der Waals surface area contributed by atoms with Gasteiger partial charge in [0.1, 0.15) is 0 Å². The number of carbonyl (C=O) groups excluding carboxylic acids is 2. The average molecular weight is 383 g/mol. The van der Waals surface area contributed by atoms with Crippen molar-refractivity contribution in [3.05, 3.63) is 65.0 Å². The van der Waals surface area contributed by atoms with Gasteiger partial charge in [-0.2, -0.15) is 0 Å². The van der Waals surface area contributed by atoms with Gasteiger partial charge in [0.25, 0.3) is 5.91 Å². The second-order valence-electron chi connectivity index (χ2n) is 5.50. The second-order valence-corrected chi connectivity index (χ2v) is 7.81. The molecule has 0 fully saturated rings. The van der Waals surface area contributed by atoms with Gasteiger partial charge < -0.3 is 0 Å². The van der Waals surface area contributed by atoms with Gasteiger partial charge in [0, 0.05) is 17.4 Å². The van der Waals surface area contributed by atoms with Crippen LogP contribution in [0.25, 0.3) is 11.3 Å². The first-order valence-electron chi connectivity index (χ1n) is 8.20. The third-order valence-corrected chi connectivity index (χ3v) is 5.67. The molecule has 0 atom stereocenters. The summed E-state index contributed by atoms with van der Waals surface area (Å²) < 4.78 is 0. The molecule has 2 aromatic carbocycles. The van der Waals surface area contributed by atoms with Crippen molar-refractivity contribution in [1.29, 1.82) is 0 Å². The maximum absolute atomic E-state index is 12.7. The van der Waals surface area contributed by atoms with E-state index in [2.05, 4.69) is 10.3 Å². The fourth-order valence-electron chi connectivity index (χ4n) is 2.50. The molecule has 0 bridgehead atoms. The van der Waals surface area contributed by atoms with Crippen molar-refractivity contribution in [3.63, 3.8) is 0 Å². The molecule has 0 radical (unpaired) electrons. The van der Waals surface area contributed by atoms with Crippen LogP contribution in [0.4, 0.5) is 5.13 Å². The van der Waals surface area contributed by atoms with E-state index in [1.165, 1.54) is 18.3 Å². The lowest BCUT2D eigenvalue weighted by atomic mass is 10.1. The first kappa shape index (κ1) is 18.4. The first-order valence-corrected chi connectivity index (χ1v) is 10.0. The molecule has 0 aliphatic heterocycles. The van der Waals surface area contributed by atoms with Crippen LogP contribution in [0.3, 0.4) is 0 Å². The van der Waals surface area contributed by atoms with Gasteiger partial charge >= 0.3 is 0 Å². The summed E-state index contributed by atoms with van der Waals surface area (Å²) in [6.07, 6.45) is 0. The van der Waals surface area contributed by atoms with Crippen LogP contribution in [-0.2, 0) is 0 Å². The monoisotopic (exact) mass is 382 g/mol. The van der Waals surface area contributed by atoms with Crippen molar-refractivity contribution < 1.29 is 9.59 Å². The van der Waals surface area contributed by atoms with Crippen LogP contribution in [-0.4, -0.2) is 22.4 Å². The van der Waals surface area contributed by atoms with E-state index in [0.29, 0.717) is 21.3 Å². The van der Waals surface area contributed by atoms with Crippen LogP contribution in [0.2, 0.25) is 0 Å². The quantitative estimate of drug-likeness (QED) is 0.459. The van der Waals surface area contributed by atoms with E-state index in [4.69, 9.17) is 0 Å². The highest BCUT2D eigenvalue weighted by atomic mass is 32.2. The summed E-state index contributed by atoms with van der Waals surface area (Å²) in [6.45, 7) is 3.56. The molecule has 132 valence electrons. The molecule has 1 aromatic heterocycles. The maximum Gasteiger partial charge on any atom is 0.258 e. The summed E-state index contributed by atoms with van der Waals surface area (Å²) in [5.74, 6) is 0.600. The van der Waals surface area contributed by atoms with Crippen LogP contribution in [0.15, 0.2) is 59.5 Å². The Balaban J connectivity index is 1.91. The van der Waals surface area contributed by atoms with Gasteiger partial charge in [-0.3, -0.25) is 14.9 Å². The van der Waals surface area contributed by atoms with Gasteiger partial charge in [0.05, 0.1) is 16.1 Å². The van der Waals surface area contributed by atoms with Crippen molar-refractivity contribution in [1.82, 2.24) is 4.98 Å². The highest BCUT2D eigenvalue weighted by Crippen LogP contribution is 2.32. The molecule has 1 amide bonds. The number of anilines is 1. The molecule has 6 heteroatoms. The van der Waals surface area contributed by atoms with E-state index in [1.807, 2.05) is 55.5 Å². The molecule has 0 unspecified atom stereocenters. The number of thioether (sulfide) groups is 1. The number of amides is 1. The minimum absolute atomic E-state index is 0.0659. The zero-order valence-corrected chi connectivity index (χ0v) is 16.1. The highest BCUT2D eigenvalue weighted by Gasteiger charge is 2.19. The number of hydrogen-bond acceptors (Lipinski definition) is 5. The van der Waals surface area contributed by atoms with Gasteiger partial charge in [-0.1, -0.05) is 60.7 Å². The number of carbonyl (C=O) groups is 2. The van der Waals surface area contributed by atoms with E-state index in [9.17, 15) is 9.59 Å². The van der Waals surface area contributed by atoms with Crippen molar-refractivity contribution in [3.8, 4) is 11.3 Å². The molecular formula is C20H18N2O2S2. The minimum atomic E-state index is -0.218. The van der Waals surface area contributed by atoms with E-state index < -0.39 is 0 Å². The number of benzene rings is 2. The van der Waals surface area contributed by atoms with Crippen molar-refractivity contribution in [2.45, 2.75) is 18.7 Å². The largest absolute Gasteiger partial charge is 0.298 e. The zero-order chi connectivity index (χ0) is 18.5. The van der Waals surface area contributed by atoms with Gasteiger partial charge in [-0.25, -0.2) is 4.98 Å². The number of ketones is 1. The van der Waals surface area contributed by atoms with E-state index >= 15 is 0 Å². The molecule has 1 heterocycles. The lowest BCUT2D eigenvalue weighted by Crippen LogP contribution is -2.12. The number of nitrogens with zero attached hydrogens (tertiary/aromatic N) is 1. The van der Waals surface area contributed by atoms with Crippen molar-refractivity contribution in [2.75, 3.05) is 11.1 Å². The normalized spacial score (nSPS) is 10.5. The Kier molecular flexibility index (Phi) is 5.85. The predicted molar refractivity (Wildman–Crippen MR) is 108 cm³/mol. The van der Waals surface area contributed by atoms with Gasteiger partial charge in [-0.05, 0) is 17.9 Å².